The van der Waals surface area contributed by atoms with E-state index < -0.39 is 0 Å². The smallest absolute Gasteiger partial charge is 0.191 e. The Morgan fingerprint density at radius 2 is 1.60 bits per heavy atom. The molecule has 148 valence electrons. The van der Waals surface area contributed by atoms with Gasteiger partial charge in [-0.2, -0.15) is 10.2 Å². The standard InChI is InChI=1S/C23H18FN5S/c24-19-11-13-20(14-12-19)26-23(30)27-25-15-18-16-29(21-9-5-2-6-10-21)28-22(18)17-7-3-1-4-8-17/h1-16H,(H2,26,27,30)/b25-15+. The number of thiocarbonyl (C=S) groups is 1. The summed E-state index contributed by atoms with van der Waals surface area (Å²) < 4.78 is 14.8. The van der Waals surface area contributed by atoms with Crippen molar-refractivity contribution in [1.29, 1.82) is 0 Å². The molecule has 0 amide bonds. The van der Waals surface area contributed by atoms with Gasteiger partial charge in [-0.25, -0.2) is 9.07 Å². The second kappa shape index (κ2) is 9.11. The lowest BCUT2D eigenvalue weighted by molar-refractivity contribution is 0.628. The number of anilines is 1. The fourth-order valence-corrected chi connectivity index (χ4v) is 3.04. The lowest BCUT2D eigenvalue weighted by Gasteiger charge is -2.06. The number of benzene rings is 3. The molecule has 0 saturated heterocycles. The molecule has 0 fully saturated rings. The van der Waals surface area contributed by atoms with Gasteiger partial charge in [-0.15, -0.1) is 0 Å². The molecule has 3 aromatic carbocycles. The highest BCUT2D eigenvalue weighted by Crippen LogP contribution is 2.22. The summed E-state index contributed by atoms with van der Waals surface area (Å²) in [5, 5.41) is 12.2. The van der Waals surface area contributed by atoms with Gasteiger partial charge in [0.2, 0.25) is 0 Å². The van der Waals surface area contributed by atoms with Crippen LogP contribution in [-0.4, -0.2) is 21.1 Å². The van der Waals surface area contributed by atoms with Gasteiger partial charge in [0.1, 0.15) is 11.5 Å². The normalized spacial score (nSPS) is 10.8. The van der Waals surface area contributed by atoms with Gasteiger partial charge in [-0.1, -0.05) is 48.5 Å². The summed E-state index contributed by atoms with van der Waals surface area (Å²) in [5.74, 6) is -0.304. The third kappa shape index (κ3) is 4.76. The first kappa shape index (κ1) is 19.5. The summed E-state index contributed by atoms with van der Waals surface area (Å²) in [4.78, 5) is 0. The van der Waals surface area contributed by atoms with Crippen LogP contribution in [0, 0.1) is 5.82 Å². The lowest BCUT2D eigenvalue weighted by atomic mass is 10.1. The van der Waals surface area contributed by atoms with E-state index in [0.29, 0.717) is 10.8 Å². The van der Waals surface area contributed by atoms with Crippen molar-refractivity contribution in [3.05, 3.63) is 103 Å². The third-order valence-corrected chi connectivity index (χ3v) is 4.48. The van der Waals surface area contributed by atoms with Crippen LogP contribution in [0.4, 0.5) is 10.1 Å². The molecule has 4 rings (SSSR count). The molecule has 4 aromatic rings. The molecular formula is C23H18FN5S. The number of aromatic nitrogens is 2. The number of nitrogens with one attached hydrogen (secondary N) is 2. The van der Waals surface area contributed by atoms with Crippen LogP contribution in [0.2, 0.25) is 0 Å². The molecule has 1 aromatic heterocycles. The Bertz CT molecular complexity index is 1160. The maximum atomic E-state index is 13.0. The molecule has 0 unspecified atom stereocenters. The Morgan fingerprint density at radius 3 is 2.30 bits per heavy atom. The van der Waals surface area contributed by atoms with Crippen LogP contribution in [0.1, 0.15) is 5.56 Å². The molecule has 5 nitrogen and oxygen atoms in total. The van der Waals surface area contributed by atoms with Crippen molar-refractivity contribution in [3.8, 4) is 16.9 Å². The van der Waals surface area contributed by atoms with Crippen molar-refractivity contribution in [2.45, 2.75) is 0 Å². The first-order valence-electron chi connectivity index (χ1n) is 9.25. The molecule has 0 atom stereocenters. The number of hydrazone groups is 1. The van der Waals surface area contributed by atoms with Gasteiger partial charge in [-0.05, 0) is 48.6 Å². The third-order valence-electron chi connectivity index (χ3n) is 4.28. The summed E-state index contributed by atoms with van der Waals surface area (Å²) in [6, 6.07) is 25.7. The first-order valence-corrected chi connectivity index (χ1v) is 9.66. The zero-order chi connectivity index (χ0) is 20.8. The highest BCUT2D eigenvalue weighted by Gasteiger charge is 2.10. The Kier molecular flexibility index (Phi) is 5.91. The Labute approximate surface area is 178 Å². The van der Waals surface area contributed by atoms with E-state index in [4.69, 9.17) is 17.3 Å². The van der Waals surface area contributed by atoms with Crippen LogP contribution in [0.15, 0.2) is 96.2 Å². The van der Waals surface area contributed by atoms with Gasteiger partial charge < -0.3 is 5.32 Å². The molecular weight excluding hydrogens is 397 g/mol. The molecule has 0 aliphatic rings. The van der Waals surface area contributed by atoms with Gasteiger partial charge in [0.25, 0.3) is 0 Å². The van der Waals surface area contributed by atoms with Gasteiger partial charge in [0.15, 0.2) is 5.11 Å². The Hall–Kier alpha value is -3.84. The maximum absolute atomic E-state index is 13.0. The van der Waals surface area contributed by atoms with Crippen LogP contribution in [-0.2, 0) is 0 Å². The van der Waals surface area contributed by atoms with Crippen molar-refractivity contribution >= 4 is 29.2 Å². The SMILES string of the molecule is Fc1ccc(NC(=S)N/N=C/c2cn(-c3ccccc3)nc2-c2ccccc2)cc1. The minimum Gasteiger partial charge on any atom is -0.331 e. The second-order valence-electron chi connectivity index (χ2n) is 6.41. The highest BCUT2D eigenvalue weighted by molar-refractivity contribution is 7.80. The Balaban J connectivity index is 1.54. The number of rotatable bonds is 5. The molecule has 0 spiro atoms. The van der Waals surface area contributed by atoms with Crippen molar-refractivity contribution < 1.29 is 4.39 Å². The summed E-state index contributed by atoms with van der Waals surface area (Å²) in [5.41, 5.74) is 7.04. The Morgan fingerprint density at radius 1 is 0.933 bits per heavy atom. The highest BCUT2D eigenvalue weighted by atomic mass is 32.1. The van der Waals surface area contributed by atoms with E-state index in [-0.39, 0.29) is 5.82 Å². The van der Waals surface area contributed by atoms with E-state index in [1.165, 1.54) is 12.1 Å². The van der Waals surface area contributed by atoms with E-state index in [2.05, 4.69) is 15.8 Å². The monoisotopic (exact) mass is 415 g/mol. The average molecular weight is 415 g/mol. The van der Waals surface area contributed by atoms with E-state index >= 15 is 0 Å². The molecule has 0 saturated carbocycles. The van der Waals surface area contributed by atoms with Crippen LogP contribution < -0.4 is 10.7 Å². The van der Waals surface area contributed by atoms with Crippen LogP contribution in [0.25, 0.3) is 16.9 Å². The van der Waals surface area contributed by atoms with Gasteiger partial charge >= 0.3 is 0 Å². The molecule has 0 aliphatic carbocycles. The van der Waals surface area contributed by atoms with Gasteiger partial charge in [-0.3, -0.25) is 5.43 Å². The predicted molar refractivity (Wildman–Crippen MR) is 122 cm³/mol. The number of para-hydroxylation sites is 1. The minimum absolute atomic E-state index is 0.301. The van der Waals surface area contributed by atoms with Crippen LogP contribution in [0.3, 0.4) is 0 Å². The fraction of sp³-hybridized carbons (Fsp3) is 0. The number of nitrogens with zero attached hydrogens (tertiary/aromatic N) is 3. The van der Waals surface area contributed by atoms with Gasteiger partial charge in [0.05, 0.1) is 11.9 Å². The lowest BCUT2D eigenvalue weighted by Crippen LogP contribution is -2.23. The molecule has 7 heteroatoms. The van der Waals surface area contributed by atoms with Crippen molar-refractivity contribution in [2.75, 3.05) is 5.32 Å². The summed E-state index contributed by atoms with van der Waals surface area (Å²) >= 11 is 5.24. The second-order valence-corrected chi connectivity index (χ2v) is 6.82. The first-order chi connectivity index (χ1) is 14.7. The molecule has 30 heavy (non-hydrogen) atoms. The van der Waals surface area contributed by atoms with Crippen molar-refractivity contribution in [3.63, 3.8) is 0 Å². The summed E-state index contributed by atoms with van der Waals surface area (Å²) in [6.45, 7) is 0. The fourth-order valence-electron chi connectivity index (χ4n) is 2.87. The van der Waals surface area contributed by atoms with Crippen LogP contribution >= 0.6 is 12.2 Å². The topological polar surface area (TPSA) is 54.2 Å². The van der Waals surface area contributed by atoms with E-state index in [1.54, 1.807) is 18.3 Å². The van der Waals surface area contributed by atoms with E-state index in [9.17, 15) is 4.39 Å². The maximum Gasteiger partial charge on any atom is 0.191 e. The quantitative estimate of drug-likeness (QED) is 0.274. The predicted octanol–water partition coefficient (Wildman–Crippen LogP) is 5.00. The summed E-state index contributed by atoms with van der Waals surface area (Å²) in [6.07, 6.45) is 3.59. The average Bonchev–Trinajstić information content (AvgIpc) is 3.21. The molecule has 2 N–H and O–H groups in total. The van der Waals surface area contributed by atoms with Crippen LogP contribution in [0.5, 0.6) is 0 Å². The zero-order valence-corrected chi connectivity index (χ0v) is 16.7. The van der Waals surface area contributed by atoms with Gasteiger partial charge in [0, 0.05) is 23.0 Å². The zero-order valence-electron chi connectivity index (χ0n) is 15.9. The van der Waals surface area contributed by atoms with E-state index in [0.717, 1.165) is 22.5 Å². The largest absolute Gasteiger partial charge is 0.331 e. The minimum atomic E-state index is -0.304. The number of halogens is 1. The number of hydrogen-bond acceptors (Lipinski definition) is 3. The number of hydrogen-bond donors (Lipinski definition) is 2. The molecule has 0 bridgehead atoms. The van der Waals surface area contributed by atoms with Crippen molar-refractivity contribution in [2.24, 2.45) is 5.10 Å². The molecule has 0 radical (unpaired) electrons. The van der Waals surface area contributed by atoms with Crippen molar-refractivity contribution in [1.82, 2.24) is 15.2 Å². The summed E-state index contributed by atoms with van der Waals surface area (Å²) in [7, 11) is 0. The molecule has 1 heterocycles. The van der Waals surface area contributed by atoms with E-state index in [1.807, 2.05) is 71.5 Å². The molecule has 0 aliphatic heterocycles.